The smallest absolute Gasteiger partial charge is 0.328 e. The van der Waals surface area contributed by atoms with Gasteiger partial charge in [0.25, 0.3) is 0 Å². The lowest BCUT2D eigenvalue weighted by atomic mass is 9.57. The van der Waals surface area contributed by atoms with Crippen molar-refractivity contribution in [3.05, 3.63) is 0 Å². The quantitative estimate of drug-likeness (QED) is 0.338. The first-order valence-corrected chi connectivity index (χ1v) is 13.9. The molecule has 5 fully saturated rings. The molecule has 0 aromatic rings. The highest BCUT2D eigenvalue weighted by molar-refractivity contribution is 5.85. The second kappa shape index (κ2) is 11.6. The molecule has 5 aliphatic rings. The number of esters is 2. The Bertz CT molecular complexity index is 852. The van der Waals surface area contributed by atoms with Crippen LogP contribution in [-0.4, -0.2) is 60.9 Å². The molecule has 9 atom stereocenters. The van der Waals surface area contributed by atoms with E-state index >= 15 is 0 Å². The molecule has 2 unspecified atom stereocenters. The molecule has 4 heterocycles. The van der Waals surface area contributed by atoms with Crippen LogP contribution in [-0.2, 0) is 43.1 Å². The molecule has 0 aromatic heterocycles. The van der Waals surface area contributed by atoms with Crippen LogP contribution in [0.5, 0.6) is 0 Å². The molecule has 210 valence electrons. The number of carbonyl (C=O) groups is 3. The fourth-order valence-corrected chi connectivity index (χ4v) is 6.84. The maximum atomic E-state index is 12.9. The zero-order valence-electron chi connectivity index (χ0n) is 22.8. The Morgan fingerprint density at radius 1 is 1.00 bits per heavy atom. The van der Waals surface area contributed by atoms with E-state index in [2.05, 4.69) is 19.2 Å². The Kier molecular flexibility index (Phi) is 8.82. The number of fused-ring (bicyclic) bond motifs is 2. The van der Waals surface area contributed by atoms with Gasteiger partial charge in [-0.15, -0.1) is 0 Å². The molecule has 5 rings (SSSR count). The lowest BCUT2D eigenvalue weighted by molar-refractivity contribution is -0.571. The monoisotopic (exact) mass is 525 g/mol. The number of hydrogen-bond donors (Lipinski definition) is 1. The molecule has 1 spiro atoms. The molecule has 1 saturated carbocycles. The van der Waals surface area contributed by atoms with Gasteiger partial charge in [0.1, 0.15) is 6.04 Å². The van der Waals surface area contributed by atoms with Crippen LogP contribution in [0.15, 0.2) is 0 Å². The fourth-order valence-electron chi connectivity index (χ4n) is 6.84. The van der Waals surface area contributed by atoms with E-state index in [1.807, 2.05) is 6.92 Å². The lowest BCUT2D eigenvalue weighted by Crippen LogP contribution is -2.70. The highest BCUT2D eigenvalue weighted by atomic mass is 17.3. The van der Waals surface area contributed by atoms with Gasteiger partial charge < -0.3 is 24.3 Å². The molecule has 2 bridgehead atoms. The van der Waals surface area contributed by atoms with Crippen molar-refractivity contribution in [1.29, 1.82) is 0 Å². The topological polar surface area (TPSA) is 119 Å². The van der Waals surface area contributed by atoms with Crippen LogP contribution in [0.4, 0.5) is 0 Å². The summed E-state index contributed by atoms with van der Waals surface area (Å²) in [6.07, 6.45) is 3.86. The van der Waals surface area contributed by atoms with Crippen molar-refractivity contribution in [2.24, 2.45) is 23.7 Å². The first-order valence-electron chi connectivity index (χ1n) is 13.9. The van der Waals surface area contributed by atoms with Crippen LogP contribution in [0.2, 0.25) is 0 Å². The third kappa shape index (κ3) is 5.67. The van der Waals surface area contributed by atoms with E-state index in [9.17, 15) is 14.4 Å². The second-order valence-electron chi connectivity index (χ2n) is 11.2. The first kappa shape index (κ1) is 28.3. The van der Waals surface area contributed by atoms with Crippen molar-refractivity contribution in [2.75, 3.05) is 13.2 Å². The third-order valence-electron chi connectivity index (χ3n) is 8.80. The van der Waals surface area contributed by atoms with Crippen LogP contribution in [0.1, 0.15) is 86.0 Å². The minimum atomic E-state index is -0.906. The minimum Gasteiger partial charge on any atom is -0.466 e. The van der Waals surface area contributed by atoms with Crippen molar-refractivity contribution in [3.63, 3.8) is 0 Å². The predicted octanol–water partition coefficient (Wildman–Crippen LogP) is 3.41. The molecule has 1 N–H and O–H groups in total. The second-order valence-corrected chi connectivity index (χ2v) is 11.2. The number of hydrogen-bond acceptors (Lipinski definition) is 9. The van der Waals surface area contributed by atoms with E-state index in [1.54, 1.807) is 13.8 Å². The van der Waals surface area contributed by atoms with Gasteiger partial charge in [0.15, 0.2) is 11.9 Å². The van der Waals surface area contributed by atoms with E-state index in [1.165, 1.54) is 0 Å². The molecule has 10 nitrogen and oxygen atoms in total. The van der Waals surface area contributed by atoms with Gasteiger partial charge in [-0.2, -0.15) is 0 Å². The molecule has 4 aliphatic heterocycles. The average Bonchev–Trinajstić information content (AvgIpc) is 3.09. The Hall–Kier alpha value is -1.75. The molecular weight excluding hydrogens is 482 g/mol. The maximum Gasteiger partial charge on any atom is 0.328 e. The normalized spacial score (nSPS) is 39.2. The number of ether oxygens (including phenoxy) is 4. The van der Waals surface area contributed by atoms with E-state index in [4.69, 9.17) is 28.7 Å². The Morgan fingerprint density at radius 2 is 1.76 bits per heavy atom. The van der Waals surface area contributed by atoms with Crippen LogP contribution >= 0.6 is 0 Å². The lowest BCUT2D eigenvalue weighted by Gasteiger charge is -2.60. The average molecular weight is 526 g/mol. The van der Waals surface area contributed by atoms with Crippen LogP contribution in [0.25, 0.3) is 0 Å². The third-order valence-corrected chi connectivity index (χ3v) is 8.80. The van der Waals surface area contributed by atoms with Gasteiger partial charge in [-0.3, -0.25) is 9.59 Å². The van der Waals surface area contributed by atoms with Gasteiger partial charge >= 0.3 is 11.9 Å². The van der Waals surface area contributed by atoms with Gasteiger partial charge in [0.05, 0.1) is 19.3 Å². The van der Waals surface area contributed by atoms with Gasteiger partial charge in [0, 0.05) is 25.2 Å². The SMILES string of the molecule is CCOC(=O)CCC(NC(=O)CC[C@H]1O[C@@H]2OC3(C)CC[C@H]4[C@H](C)CC[C@@H]([C@H]1C)[C@@]24OO3)C(=O)OCC. The van der Waals surface area contributed by atoms with Gasteiger partial charge in [-0.05, 0) is 70.6 Å². The number of carbonyl (C=O) groups excluding carboxylic acids is 3. The first-order chi connectivity index (χ1) is 17.6. The minimum absolute atomic E-state index is 0.0174. The molecule has 37 heavy (non-hydrogen) atoms. The zero-order valence-corrected chi connectivity index (χ0v) is 22.8. The zero-order chi connectivity index (χ0) is 26.8. The molecule has 0 aromatic carbocycles. The summed E-state index contributed by atoms with van der Waals surface area (Å²) in [4.78, 5) is 49.1. The summed E-state index contributed by atoms with van der Waals surface area (Å²) in [7, 11) is 0. The highest BCUT2D eigenvalue weighted by Gasteiger charge is 2.69. The predicted molar refractivity (Wildman–Crippen MR) is 130 cm³/mol. The standard InChI is InChI=1S/C27H43NO9/c1-6-32-23(30)13-10-20(24(31)33-7-2)28-22(29)12-11-21-17(4)19-9-8-16(3)18-14-15-26(5)35-25(34-21)27(18,19)37-36-26/h16-21,25H,6-15H2,1-5H3,(H,28,29)/t16-,17-,18+,19+,20?,21-,25-,26?,27-/m1/s1. The molecule has 4 saturated heterocycles. The summed E-state index contributed by atoms with van der Waals surface area (Å²) in [5.41, 5.74) is -0.631. The summed E-state index contributed by atoms with van der Waals surface area (Å²) in [6, 6.07) is -0.906. The molecule has 1 amide bonds. The van der Waals surface area contributed by atoms with Crippen molar-refractivity contribution in [1.82, 2.24) is 5.32 Å². The molecule has 0 radical (unpaired) electrons. The van der Waals surface area contributed by atoms with Crippen molar-refractivity contribution in [2.45, 2.75) is 116 Å². The summed E-state index contributed by atoms with van der Waals surface area (Å²) in [5, 5.41) is 2.75. The Balaban J connectivity index is 1.40. The summed E-state index contributed by atoms with van der Waals surface area (Å²) in [6.45, 7) is 10.2. The Labute approximate surface area is 219 Å². The van der Waals surface area contributed by atoms with Crippen LogP contribution in [0.3, 0.4) is 0 Å². The summed E-state index contributed by atoms with van der Waals surface area (Å²) >= 11 is 0. The van der Waals surface area contributed by atoms with Crippen molar-refractivity contribution < 1.29 is 43.1 Å². The van der Waals surface area contributed by atoms with Gasteiger partial charge in [-0.25, -0.2) is 14.6 Å². The summed E-state index contributed by atoms with van der Waals surface area (Å²) < 4.78 is 23.0. The van der Waals surface area contributed by atoms with Crippen LogP contribution in [0, 0.1) is 23.7 Å². The van der Waals surface area contributed by atoms with E-state index < -0.39 is 35.7 Å². The van der Waals surface area contributed by atoms with Crippen LogP contribution < -0.4 is 5.32 Å². The van der Waals surface area contributed by atoms with E-state index in [-0.39, 0.29) is 62.2 Å². The molecular formula is C27H43NO9. The molecule has 1 aliphatic carbocycles. The fraction of sp³-hybridized carbons (Fsp3) is 0.889. The van der Waals surface area contributed by atoms with Gasteiger partial charge in [-0.1, -0.05) is 13.8 Å². The number of amides is 1. The van der Waals surface area contributed by atoms with Crippen molar-refractivity contribution >= 4 is 17.8 Å². The van der Waals surface area contributed by atoms with Gasteiger partial charge in [0.2, 0.25) is 11.7 Å². The van der Waals surface area contributed by atoms with E-state index in [0.717, 1.165) is 25.7 Å². The van der Waals surface area contributed by atoms with E-state index in [0.29, 0.717) is 12.3 Å². The highest BCUT2D eigenvalue weighted by Crippen LogP contribution is 2.60. The number of rotatable bonds is 10. The maximum absolute atomic E-state index is 12.9. The number of nitrogens with one attached hydrogen (secondary N) is 1. The Morgan fingerprint density at radius 3 is 2.49 bits per heavy atom. The molecule has 10 heteroatoms. The summed E-state index contributed by atoms with van der Waals surface area (Å²) in [5.74, 6) is -0.995. The largest absolute Gasteiger partial charge is 0.466 e. The van der Waals surface area contributed by atoms with Crippen molar-refractivity contribution in [3.8, 4) is 0 Å².